The first-order chi connectivity index (χ1) is 17.8. The van der Waals surface area contributed by atoms with Gasteiger partial charge >= 0.3 is 0 Å². The Morgan fingerprint density at radius 1 is 0.472 bits per heavy atom. The first kappa shape index (κ1) is 22.6. The van der Waals surface area contributed by atoms with E-state index in [0.717, 1.165) is 19.3 Å². The van der Waals surface area contributed by atoms with E-state index in [0.29, 0.717) is 0 Å². The van der Waals surface area contributed by atoms with Crippen LogP contribution in [0.1, 0.15) is 54.0 Å². The molecule has 0 amide bonds. The molecule has 0 saturated heterocycles. The average Bonchev–Trinajstić information content (AvgIpc) is 3.25. The molecule has 0 nitrogen and oxygen atoms in total. The smallest absolute Gasteiger partial charge is 0.0588 e. The van der Waals surface area contributed by atoms with Crippen molar-refractivity contribution < 1.29 is 0 Å². The predicted octanol–water partition coefficient (Wildman–Crippen LogP) is 9.18. The Morgan fingerprint density at radius 3 is 1.22 bits per heavy atom. The Hall–Kier alpha value is -3.90. The van der Waals surface area contributed by atoms with Crippen LogP contribution < -0.4 is 0 Å². The van der Waals surface area contributed by atoms with Crippen molar-refractivity contribution in [3.05, 3.63) is 167 Å². The van der Waals surface area contributed by atoms with Crippen molar-refractivity contribution in [1.82, 2.24) is 0 Å². The zero-order valence-electron chi connectivity index (χ0n) is 20.9. The minimum Gasteiger partial charge on any atom is -0.0654 e. The van der Waals surface area contributed by atoms with Gasteiger partial charge in [-0.2, -0.15) is 0 Å². The second-order valence-electron chi connectivity index (χ2n) is 9.95. The molecule has 1 aliphatic carbocycles. The van der Waals surface area contributed by atoms with Crippen LogP contribution in [0.4, 0.5) is 0 Å². The molecule has 0 atom stereocenters. The van der Waals surface area contributed by atoms with Crippen LogP contribution in [0.25, 0.3) is 11.1 Å². The summed E-state index contributed by atoms with van der Waals surface area (Å²) in [6, 6.07) is 52.0. The lowest BCUT2D eigenvalue weighted by Gasteiger charge is -2.52. The van der Waals surface area contributed by atoms with E-state index in [4.69, 9.17) is 0 Å². The standard InChI is InChI=1S/C36H32/c1-2-3-27-35(33-25-15-13-23-31(33)32-24-14-16-26-34(32)35)36(28-17-7-4-8-18-28,29-19-9-5-10-20-29)30-21-11-6-12-22-30/h4-26H,2-3,27H2,1H3. The summed E-state index contributed by atoms with van der Waals surface area (Å²) in [5.74, 6) is 0. The van der Waals surface area contributed by atoms with Gasteiger partial charge in [0.2, 0.25) is 0 Å². The van der Waals surface area contributed by atoms with Crippen LogP contribution in [-0.2, 0) is 10.8 Å². The van der Waals surface area contributed by atoms with Crippen molar-refractivity contribution in [1.29, 1.82) is 0 Å². The fourth-order valence-electron chi connectivity index (χ4n) is 6.93. The van der Waals surface area contributed by atoms with Gasteiger partial charge in [0.1, 0.15) is 0 Å². The quantitative estimate of drug-likeness (QED) is 0.211. The highest BCUT2D eigenvalue weighted by Crippen LogP contribution is 2.64. The van der Waals surface area contributed by atoms with E-state index in [1.165, 1.54) is 38.9 Å². The first-order valence-electron chi connectivity index (χ1n) is 13.2. The summed E-state index contributed by atoms with van der Waals surface area (Å²) in [4.78, 5) is 0. The van der Waals surface area contributed by atoms with Gasteiger partial charge in [0.25, 0.3) is 0 Å². The van der Waals surface area contributed by atoms with E-state index in [-0.39, 0.29) is 5.41 Å². The van der Waals surface area contributed by atoms with E-state index >= 15 is 0 Å². The molecular formula is C36H32. The van der Waals surface area contributed by atoms with Gasteiger partial charge < -0.3 is 0 Å². The van der Waals surface area contributed by atoms with E-state index in [9.17, 15) is 0 Å². The number of benzene rings is 5. The Kier molecular flexibility index (Phi) is 5.82. The van der Waals surface area contributed by atoms with Gasteiger partial charge in [-0.3, -0.25) is 0 Å². The molecule has 5 aromatic carbocycles. The van der Waals surface area contributed by atoms with Crippen LogP contribution in [0.2, 0.25) is 0 Å². The lowest BCUT2D eigenvalue weighted by Crippen LogP contribution is -2.51. The number of rotatable bonds is 7. The van der Waals surface area contributed by atoms with Crippen molar-refractivity contribution >= 4 is 0 Å². The van der Waals surface area contributed by atoms with Crippen LogP contribution in [-0.4, -0.2) is 0 Å². The average molecular weight is 465 g/mol. The van der Waals surface area contributed by atoms with Gasteiger partial charge in [0.05, 0.1) is 5.41 Å². The molecule has 0 spiro atoms. The summed E-state index contributed by atoms with van der Waals surface area (Å²) >= 11 is 0. The normalized spacial score (nSPS) is 13.7. The second-order valence-corrected chi connectivity index (χ2v) is 9.95. The first-order valence-corrected chi connectivity index (χ1v) is 13.2. The predicted molar refractivity (Wildman–Crippen MR) is 151 cm³/mol. The van der Waals surface area contributed by atoms with Crippen LogP contribution in [0.5, 0.6) is 0 Å². The number of unbranched alkanes of at least 4 members (excludes halogenated alkanes) is 1. The monoisotopic (exact) mass is 464 g/mol. The second kappa shape index (κ2) is 9.28. The maximum absolute atomic E-state index is 2.40. The summed E-state index contributed by atoms with van der Waals surface area (Å²) in [5, 5.41) is 0. The topological polar surface area (TPSA) is 0 Å². The Labute approximate surface area is 215 Å². The Morgan fingerprint density at radius 2 is 0.833 bits per heavy atom. The van der Waals surface area contributed by atoms with Crippen molar-refractivity contribution in [3.8, 4) is 11.1 Å². The molecule has 0 unspecified atom stereocenters. The van der Waals surface area contributed by atoms with Gasteiger partial charge in [-0.05, 0) is 45.4 Å². The van der Waals surface area contributed by atoms with E-state index in [1.807, 2.05) is 0 Å². The maximum atomic E-state index is 2.40. The lowest BCUT2D eigenvalue weighted by molar-refractivity contribution is 0.331. The minimum atomic E-state index is -0.408. The van der Waals surface area contributed by atoms with Crippen molar-refractivity contribution in [2.24, 2.45) is 0 Å². The SMILES string of the molecule is CCCCC1(C(c2ccccc2)(c2ccccc2)c2ccccc2)c2ccccc2-c2ccccc21. The molecule has 0 bridgehead atoms. The number of fused-ring (bicyclic) bond motifs is 3. The van der Waals surface area contributed by atoms with Crippen molar-refractivity contribution in [2.75, 3.05) is 0 Å². The van der Waals surface area contributed by atoms with Crippen molar-refractivity contribution in [2.45, 2.75) is 37.0 Å². The summed E-state index contributed by atoms with van der Waals surface area (Å²) in [7, 11) is 0. The molecule has 0 radical (unpaired) electrons. The van der Waals surface area contributed by atoms with E-state index in [1.54, 1.807) is 0 Å². The zero-order valence-corrected chi connectivity index (χ0v) is 20.9. The summed E-state index contributed by atoms with van der Waals surface area (Å²) in [6.45, 7) is 2.32. The largest absolute Gasteiger partial charge is 0.0654 e. The molecule has 0 heteroatoms. The third-order valence-corrected chi connectivity index (χ3v) is 8.23. The van der Waals surface area contributed by atoms with Gasteiger partial charge in [0, 0.05) is 5.41 Å². The number of hydrogen-bond acceptors (Lipinski definition) is 0. The fourth-order valence-corrected chi connectivity index (χ4v) is 6.93. The molecule has 0 N–H and O–H groups in total. The van der Waals surface area contributed by atoms with Crippen LogP contribution in [0.3, 0.4) is 0 Å². The Bertz CT molecular complexity index is 1310. The van der Waals surface area contributed by atoms with Gasteiger partial charge in [0.15, 0.2) is 0 Å². The molecular weight excluding hydrogens is 432 g/mol. The van der Waals surface area contributed by atoms with Crippen LogP contribution in [0.15, 0.2) is 140 Å². The fraction of sp³-hybridized carbons (Fsp3) is 0.167. The van der Waals surface area contributed by atoms with Crippen LogP contribution in [0, 0.1) is 0 Å². The van der Waals surface area contributed by atoms with E-state index < -0.39 is 5.41 Å². The van der Waals surface area contributed by atoms with Crippen LogP contribution >= 0.6 is 0 Å². The molecule has 0 heterocycles. The highest BCUT2D eigenvalue weighted by Gasteiger charge is 2.59. The lowest BCUT2D eigenvalue weighted by atomic mass is 9.49. The molecule has 0 aromatic heterocycles. The molecule has 6 rings (SSSR count). The van der Waals surface area contributed by atoms with Crippen molar-refractivity contribution in [3.63, 3.8) is 0 Å². The third-order valence-electron chi connectivity index (χ3n) is 8.23. The zero-order chi connectivity index (χ0) is 24.4. The minimum absolute atomic E-state index is 0.264. The summed E-state index contributed by atoms with van der Waals surface area (Å²) < 4.78 is 0. The maximum Gasteiger partial charge on any atom is 0.0588 e. The molecule has 5 aromatic rings. The molecule has 1 aliphatic rings. The molecule has 176 valence electrons. The molecule has 0 fully saturated rings. The van der Waals surface area contributed by atoms with Gasteiger partial charge in [-0.15, -0.1) is 0 Å². The summed E-state index contributed by atoms with van der Waals surface area (Å²) in [5.41, 5.74) is 8.97. The van der Waals surface area contributed by atoms with Gasteiger partial charge in [-0.25, -0.2) is 0 Å². The number of hydrogen-bond donors (Lipinski definition) is 0. The third kappa shape index (κ3) is 3.14. The van der Waals surface area contributed by atoms with E-state index in [2.05, 4.69) is 146 Å². The molecule has 0 aliphatic heterocycles. The highest BCUT2D eigenvalue weighted by molar-refractivity contribution is 5.84. The van der Waals surface area contributed by atoms with Gasteiger partial charge in [-0.1, -0.05) is 159 Å². The highest BCUT2D eigenvalue weighted by atomic mass is 14.6. The summed E-state index contributed by atoms with van der Waals surface area (Å²) in [6.07, 6.45) is 3.37. The Balaban J connectivity index is 1.86. The molecule has 0 saturated carbocycles. The molecule has 36 heavy (non-hydrogen) atoms.